The average Bonchev–Trinajstić information content (AvgIpc) is 2.03. The van der Waals surface area contributed by atoms with Crippen LogP contribution in [-0.4, -0.2) is 6.18 Å². The lowest BCUT2D eigenvalue weighted by molar-refractivity contribution is -0.127. The maximum absolute atomic E-state index is 11.9. The fourth-order valence-corrected chi connectivity index (χ4v) is 1.20. The number of alkyl halides is 3. The lowest BCUT2D eigenvalue weighted by Crippen LogP contribution is -2.11. The van der Waals surface area contributed by atoms with Crippen LogP contribution in [0.25, 0.3) is 0 Å². The number of rotatable bonds is 2. The number of hydrogen-bond donors (Lipinski definition) is 1. The van der Waals surface area contributed by atoms with Gasteiger partial charge >= 0.3 is 6.18 Å². The molecular formula is C9H9F3S. The minimum atomic E-state index is -4.12. The van der Waals surface area contributed by atoms with Crippen molar-refractivity contribution in [1.29, 1.82) is 0 Å². The summed E-state index contributed by atoms with van der Waals surface area (Å²) in [5, 5.41) is 0. The van der Waals surface area contributed by atoms with Crippen molar-refractivity contribution in [3.05, 3.63) is 35.4 Å². The Hall–Kier alpha value is -0.640. The Morgan fingerprint density at radius 3 is 1.85 bits per heavy atom. The molecule has 72 valence electrons. The number of thiol groups is 1. The molecule has 0 amide bonds. The summed E-state index contributed by atoms with van der Waals surface area (Å²) in [6, 6.07) is 6.29. The predicted molar refractivity (Wildman–Crippen MR) is 48.9 cm³/mol. The molecule has 0 saturated heterocycles. The second kappa shape index (κ2) is 4.05. The van der Waals surface area contributed by atoms with Crippen LogP contribution in [0.5, 0.6) is 0 Å². The van der Waals surface area contributed by atoms with Crippen molar-refractivity contribution in [3.8, 4) is 0 Å². The minimum absolute atomic E-state index is 0.290. The molecular weight excluding hydrogens is 197 g/mol. The maximum Gasteiger partial charge on any atom is 0.393 e. The van der Waals surface area contributed by atoms with Gasteiger partial charge in [0, 0.05) is 5.75 Å². The van der Waals surface area contributed by atoms with E-state index in [0.717, 1.165) is 5.56 Å². The van der Waals surface area contributed by atoms with Crippen molar-refractivity contribution in [3.63, 3.8) is 0 Å². The van der Waals surface area contributed by atoms with E-state index < -0.39 is 12.6 Å². The van der Waals surface area contributed by atoms with E-state index in [1.54, 1.807) is 12.1 Å². The third-order valence-corrected chi connectivity index (χ3v) is 1.98. The predicted octanol–water partition coefficient (Wildman–Crippen LogP) is 3.22. The van der Waals surface area contributed by atoms with Crippen LogP contribution in [-0.2, 0) is 12.2 Å². The van der Waals surface area contributed by atoms with Gasteiger partial charge in [-0.3, -0.25) is 0 Å². The van der Waals surface area contributed by atoms with Gasteiger partial charge in [-0.25, -0.2) is 0 Å². The first-order valence-electron chi connectivity index (χ1n) is 3.77. The average molecular weight is 206 g/mol. The molecule has 0 atom stereocenters. The first kappa shape index (κ1) is 10.4. The third-order valence-electron chi connectivity index (χ3n) is 1.61. The van der Waals surface area contributed by atoms with Gasteiger partial charge in [0.2, 0.25) is 0 Å². The molecule has 0 radical (unpaired) electrons. The number of halogens is 3. The zero-order chi connectivity index (χ0) is 9.90. The standard InChI is InChI=1S/C9H9F3S/c10-9(11,12)5-7-1-3-8(6-13)4-2-7/h1-4,13H,5-6H2. The van der Waals surface area contributed by atoms with E-state index >= 15 is 0 Å². The van der Waals surface area contributed by atoms with Crippen LogP contribution in [0.15, 0.2) is 24.3 Å². The largest absolute Gasteiger partial charge is 0.393 e. The zero-order valence-corrected chi connectivity index (χ0v) is 7.70. The molecule has 0 aliphatic rings. The Morgan fingerprint density at radius 2 is 1.46 bits per heavy atom. The maximum atomic E-state index is 11.9. The van der Waals surface area contributed by atoms with E-state index in [1.165, 1.54) is 12.1 Å². The molecule has 0 spiro atoms. The Morgan fingerprint density at radius 1 is 1.00 bits per heavy atom. The fourth-order valence-electron chi connectivity index (χ4n) is 0.994. The van der Waals surface area contributed by atoms with Crippen LogP contribution in [0.1, 0.15) is 11.1 Å². The molecule has 0 unspecified atom stereocenters. The first-order valence-corrected chi connectivity index (χ1v) is 4.40. The van der Waals surface area contributed by atoms with E-state index in [2.05, 4.69) is 12.6 Å². The van der Waals surface area contributed by atoms with Crippen LogP contribution in [0.3, 0.4) is 0 Å². The normalized spacial score (nSPS) is 11.7. The van der Waals surface area contributed by atoms with Gasteiger partial charge in [-0.05, 0) is 11.1 Å². The molecule has 0 heterocycles. The molecule has 0 nitrogen and oxygen atoms in total. The quantitative estimate of drug-likeness (QED) is 0.706. The Kier molecular flexibility index (Phi) is 3.25. The van der Waals surface area contributed by atoms with Gasteiger partial charge < -0.3 is 0 Å². The topological polar surface area (TPSA) is 0 Å². The summed E-state index contributed by atoms with van der Waals surface area (Å²) in [4.78, 5) is 0. The van der Waals surface area contributed by atoms with E-state index in [4.69, 9.17) is 0 Å². The molecule has 0 fully saturated rings. The van der Waals surface area contributed by atoms with E-state index in [0.29, 0.717) is 5.75 Å². The molecule has 0 bridgehead atoms. The fraction of sp³-hybridized carbons (Fsp3) is 0.333. The van der Waals surface area contributed by atoms with Crippen molar-refractivity contribution >= 4 is 12.6 Å². The lowest BCUT2D eigenvalue weighted by atomic mass is 10.1. The van der Waals surface area contributed by atoms with E-state index in [-0.39, 0.29) is 5.56 Å². The summed E-state index contributed by atoms with van der Waals surface area (Å²) in [6.45, 7) is 0. The van der Waals surface area contributed by atoms with Gasteiger partial charge in [0.15, 0.2) is 0 Å². The monoisotopic (exact) mass is 206 g/mol. The summed E-state index contributed by atoms with van der Waals surface area (Å²) < 4.78 is 35.7. The molecule has 1 aromatic carbocycles. The highest BCUT2D eigenvalue weighted by atomic mass is 32.1. The van der Waals surface area contributed by atoms with Crippen molar-refractivity contribution in [2.24, 2.45) is 0 Å². The van der Waals surface area contributed by atoms with Gasteiger partial charge in [-0.1, -0.05) is 24.3 Å². The molecule has 0 N–H and O–H groups in total. The zero-order valence-electron chi connectivity index (χ0n) is 6.80. The van der Waals surface area contributed by atoms with E-state index in [1.807, 2.05) is 0 Å². The molecule has 0 aromatic heterocycles. The van der Waals surface area contributed by atoms with E-state index in [9.17, 15) is 13.2 Å². The van der Waals surface area contributed by atoms with Crippen LogP contribution in [0.2, 0.25) is 0 Å². The summed E-state index contributed by atoms with van der Waals surface area (Å²) >= 11 is 4.01. The first-order chi connectivity index (χ1) is 6.01. The van der Waals surface area contributed by atoms with Crippen molar-refractivity contribution in [2.45, 2.75) is 18.3 Å². The molecule has 0 aliphatic heterocycles. The Bertz CT molecular complexity index is 263. The van der Waals surface area contributed by atoms with Gasteiger partial charge in [-0.2, -0.15) is 25.8 Å². The smallest absolute Gasteiger partial charge is 0.175 e. The van der Waals surface area contributed by atoms with Gasteiger partial charge in [0.1, 0.15) is 0 Å². The third kappa shape index (κ3) is 3.72. The Balaban J connectivity index is 2.70. The minimum Gasteiger partial charge on any atom is -0.175 e. The molecule has 13 heavy (non-hydrogen) atoms. The molecule has 4 heteroatoms. The summed E-state index contributed by atoms with van der Waals surface area (Å²) in [6.07, 6.45) is -4.98. The summed E-state index contributed by atoms with van der Waals surface area (Å²) in [5.41, 5.74) is 1.22. The van der Waals surface area contributed by atoms with Crippen LogP contribution < -0.4 is 0 Å². The van der Waals surface area contributed by atoms with Gasteiger partial charge in [0.25, 0.3) is 0 Å². The molecule has 1 aromatic rings. The molecule has 1 rings (SSSR count). The molecule has 0 saturated carbocycles. The molecule has 0 aliphatic carbocycles. The second-order valence-corrected chi connectivity index (χ2v) is 3.08. The van der Waals surface area contributed by atoms with Crippen LogP contribution >= 0.6 is 12.6 Å². The summed E-state index contributed by atoms with van der Waals surface area (Å²) in [7, 11) is 0. The van der Waals surface area contributed by atoms with Gasteiger partial charge in [-0.15, -0.1) is 0 Å². The Labute approximate surface area is 80.2 Å². The number of benzene rings is 1. The van der Waals surface area contributed by atoms with Crippen molar-refractivity contribution in [1.82, 2.24) is 0 Å². The second-order valence-electron chi connectivity index (χ2n) is 2.77. The highest BCUT2D eigenvalue weighted by Gasteiger charge is 2.27. The van der Waals surface area contributed by atoms with Crippen molar-refractivity contribution in [2.75, 3.05) is 0 Å². The highest BCUT2D eigenvalue weighted by Crippen LogP contribution is 2.21. The summed E-state index contributed by atoms with van der Waals surface area (Å²) in [5.74, 6) is 0.548. The van der Waals surface area contributed by atoms with Gasteiger partial charge in [0.05, 0.1) is 6.42 Å². The van der Waals surface area contributed by atoms with Crippen LogP contribution in [0.4, 0.5) is 13.2 Å². The highest BCUT2D eigenvalue weighted by molar-refractivity contribution is 7.79. The lowest BCUT2D eigenvalue weighted by Gasteiger charge is -2.06. The van der Waals surface area contributed by atoms with Crippen molar-refractivity contribution < 1.29 is 13.2 Å². The SMILES string of the molecule is FC(F)(F)Cc1ccc(CS)cc1. The van der Waals surface area contributed by atoms with Crippen LogP contribution in [0, 0.1) is 0 Å². The number of hydrogen-bond acceptors (Lipinski definition) is 1.